The smallest absolute Gasteiger partial charge is 0.158 e. The highest BCUT2D eigenvalue weighted by molar-refractivity contribution is 7.99. The summed E-state index contributed by atoms with van der Waals surface area (Å²) in [5.41, 5.74) is 14.1. The van der Waals surface area contributed by atoms with Crippen molar-refractivity contribution in [3.63, 3.8) is 0 Å². The Kier molecular flexibility index (Phi) is 7.08. The van der Waals surface area contributed by atoms with E-state index in [1.54, 1.807) is 18.6 Å². The number of nitrogen functional groups attached to an aromatic ring is 1. The number of anilines is 2. The molecule has 0 radical (unpaired) electrons. The zero-order valence-corrected chi connectivity index (χ0v) is 21.9. The van der Waals surface area contributed by atoms with Gasteiger partial charge in [-0.3, -0.25) is 4.68 Å². The van der Waals surface area contributed by atoms with Gasteiger partial charge in [0.2, 0.25) is 0 Å². The van der Waals surface area contributed by atoms with E-state index in [0.29, 0.717) is 21.6 Å². The molecule has 11 heteroatoms. The maximum Gasteiger partial charge on any atom is 0.158 e. The van der Waals surface area contributed by atoms with Gasteiger partial charge in [0.1, 0.15) is 16.5 Å². The number of hydrogen-bond acceptors (Lipinski definition) is 9. The highest BCUT2D eigenvalue weighted by atomic mass is 35.5. The normalized spacial score (nSPS) is 20.9. The number of rotatable bonds is 4. The number of halogens is 1. The van der Waals surface area contributed by atoms with Crippen molar-refractivity contribution in [3.8, 4) is 11.8 Å². The number of hydrogen-bond donors (Lipinski definition) is 2. The van der Waals surface area contributed by atoms with Crippen molar-refractivity contribution in [1.82, 2.24) is 24.7 Å². The Morgan fingerprint density at radius 3 is 2.72 bits per heavy atom. The molecule has 4 N–H and O–H groups in total. The molecule has 2 aliphatic rings. The molecule has 0 saturated carbocycles. The van der Waals surface area contributed by atoms with Crippen LogP contribution in [0.25, 0.3) is 0 Å². The van der Waals surface area contributed by atoms with E-state index in [9.17, 15) is 0 Å². The number of aryl methyl sites for hydroxylation is 1. The van der Waals surface area contributed by atoms with E-state index in [2.05, 4.69) is 43.7 Å². The van der Waals surface area contributed by atoms with Crippen LogP contribution in [0.4, 0.5) is 11.6 Å². The molecule has 3 aromatic heterocycles. The molecule has 0 aliphatic carbocycles. The average molecular weight is 525 g/mol. The van der Waals surface area contributed by atoms with Crippen molar-refractivity contribution in [2.24, 2.45) is 11.1 Å². The van der Waals surface area contributed by atoms with Crippen LogP contribution in [0.1, 0.15) is 37.9 Å². The van der Waals surface area contributed by atoms with Crippen LogP contribution in [0, 0.1) is 17.3 Å². The summed E-state index contributed by atoms with van der Waals surface area (Å²) in [4.78, 5) is 16.5. The van der Waals surface area contributed by atoms with E-state index in [1.165, 1.54) is 11.8 Å². The van der Waals surface area contributed by atoms with E-state index >= 15 is 0 Å². The molecule has 0 unspecified atom stereocenters. The van der Waals surface area contributed by atoms with Crippen LogP contribution in [-0.2, 0) is 11.3 Å². The summed E-state index contributed by atoms with van der Waals surface area (Å²) in [6.07, 6.45) is 9.09. The fraction of sp³-hybridized carbons (Fsp3) is 0.440. The first kappa shape index (κ1) is 24.8. The van der Waals surface area contributed by atoms with Crippen molar-refractivity contribution in [2.45, 2.75) is 55.3 Å². The molecular formula is C25H29ClN8OS. The van der Waals surface area contributed by atoms with Gasteiger partial charge in [0.25, 0.3) is 0 Å². The summed E-state index contributed by atoms with van der Waals surface area (Å²) in [6, 6.07) is 1.89. The number of ether oxygens (including phenoxy) is 1. The summed E-state index contributed by atoms with van der Waals surface area (Å²) in [5.74, 6) is 7.23. The monoisotopic (exact) mass is 524 g/mol. The molecule has 9 nitrogen and oxygen atoms in total. The lowest BCUT2D eigenvalue weighted by molar-refractivity contribution is 0.0974. The molecule has 5 rings (SSSR count). The highest BCUT2D eigenvalue weighted by Crippen LogP contribution is 2.42. The number of aromatic nitrogens is 5. The van der Waals surface area contributed by atoms with E-state index in [-0.39, 0.29) is 17.6 Å². The molecule has 2 atom stereocenters. The van der Waals surface area contributed by atoms with Crippen molar-refractivity contribution in [2.75, 3.05) is 30.3 Å². The Hall–Kier alpha value is -2.84. The summed E-state index contributed by atoms with van der Waals surface area (Å²) in [7, 11) is 0. The van der Waals surface area contributed by atoms with Gasteiger partial charge in [-0.15, -0.1) is 0 Å². The zero-order valence-electron chi connectivity index (χ0n) is 20.3. The molecule has 188 valence electrons. The molecule has 2 fully saturated rings. The second-order valence-corrected chi connectivity index (χ2v) is 10.6. The van der Waals surface area contributed by atoms with Crippen LogP contribution >= 0.6 is 23.4 Å². The summed E-state index contributed by atoms with van der Waals surface area (Å²) < 4.78 is 7.65. The molecule has 0 amide bonds. The van der Waals surface area contributed by atoms with Gasteiger partial charge in [-0.25, -0.2) is 15.0 Å². The molecule has 1 spiro atoms. The minimum atomic E-state index is 0.0554. The quantitative estimate of drug-likeness (QED) is 0.495. The third-order valence-electron chi connectivity index (χ3n) is 7.02. The predicted octanol–water partition coefficient (Wildman–Crippen LogP) is 3.21. The SMILES string of the molecule is CCn1cc(C#Cc2nccc(Sc3ncc(N4CCC5(CC4)CO[C@@H](C)[C@H]5N)nc3N)c2Cl)cn1. The van der Waals surface area contributed by atoms with Gasteiger partial charge < -0.3 is 21.1 Å². The second kappa shape index (κ2) is 10.3. The first-order valence-corrected chi connectivity index (χ1v) is 13.2. The molecule has 36 heavy (non-hydrogen) atoms. The van der Waals surface area contributed by atoms with Gasteiger partial charge in [0.05, 0.1) is 35.7 Å². The van der Waals surface area contributed by atoms with Gasteiger partial charge in [-0.2, -0.15) is 5.10 Å². The summed E-state index contributed by atoms with van der Waals surface area (Å²) in [6.45, 7) is 7.29. The average Bonchev–Trinajstić information content (AvgIpc) is 3.46. The van der Waals surface area contributed by atoms with E-state index < -0.39 is 0 Å². The lowest BCUT2D eigenvalue weighted by atomic mass is 9.73. The molecular weight excluding hydrogens is 496 g/mol. The first-order chi connectivity index (χ1) is 17.4. The van der Waals surface area contributed by atoms with E-state index in [0.717, 1.165) is 55.4 Å². The molecule has 2 aliphatic heterocycles. The van der Waals surface area contributed by atoms with Crippen molar-refractivity contribution >= 4 is 35.0 Å². The molecule has 3 aromatic rings. The Balaban J connectivity index is 1.28. The number of piperidine rings is 1. The lowest BCUT2D eigenvalue weighted by Crippen LogP contribution is -2.50. The van der Waals surface area contributed by atoms with Crippen molar-refractivity contribution in [3.05, 3.63) is 47.1 Å². The molecule has 2 saturated heterocycles. The molecule has 0 aromatic carbocycles. The molecule has 0 bridgehead atoms. The van der Waals surface area contributed by atoms with Crippen LogP contribution < -0.4 is 16.4 Å². The van der Waals surface area contributed by atoms with Crippen LogP contribution in [0.3, 0.4) is 0 Å². The first-order valence-electron chi connectivity index (χ1n) is 12.0. The van der Waals surface area contributed by atoms with Crippen LogP contribution in [0.15, 0.2) is 40.8 Å². The Bertz CT molecular complexity index is 1310. The fourth-order valence-electron chi connectivity index (χ4n) is 4.70. The topological polar surface area (TPSA) is 121 Å². The minimum Gasteiger partial charge on any atom is -0.381 e. The van der Waals surface area contributed by atoms with Crippen LogP contribution in [0.2, 0.25) is 5.02 Å². The third kappa shape index (κ3) is 4.89. The number of nitrogens with two attached hydrogens (primary N) is 2. The Morgan fingerprint density at radius 2 is 2.06 bits per heavy atom. The minimum absolute atomic E-state index is 0.0554. The number of nitrogens with zero attached hydrogens (tertiary/aromatic N) is 6. The Morgan fingerprint density at radius 1 is 1.25 bits per heavy atom. The number of pyridine rings is 1. The van der Waals surface area contributed by atoms with Gasteiger partial charge in [0.15, 0.2) is 5.82 Å². The summed E-state index contributed by atoms with van der Waals surface area (Å²) >= 11 is 7.97. The maximum absolute atomic E-state index is 6.62. The van der Waals surface area contributed by atoms with E-state index in [1.807, 2.05) is 23.9 Å². The Labute approximate surface area is 220 Å². The van der Waals surface area contributed by atoms with Crippen LogP contribution in [-0.4, -0.2) is 56.6 Å². The second-order valence-electron chi connectivity index (χ2n) is 9.22. The molecule has 5 heterocycles. The largest absolute Gasteiger partial charge is 0.381 e. The van der Waals surface area contributed by atoms with Gasteiger partial charge >= 0.3 is 0 Å². The third-order valence-corrected chi connectivity index (χ3v) is 8.59. The zero-order chi connectivity index (χ0) is 25.3. The lowest BCUT2D eigenvalue weighted by Gasteiger charge is -2.41. The summed E-state index contributed by atoms with van der Waals surface area (Å²) in [5, 5.41) is 5.27. The fourth-order valence-corrected chi connectivity index (χ4v) is 5.75. The van der Waals surface area contributed by atoms with Gasteiger partial charge in [-0.1, -0.05) is 29.3 Å². The standard InChI is InChI=1S/C25H29ClN8OS/c1-3-34-14-17(12-31-34)4-5-18-21(26)19(6-9-29-18)36-24-23(28)32-20(13-30-24)33-10-7-25(8-11-33)15-35-16(2)22(25)27/h6,9,12-14,16,22H,3,7-8,10-11,15,27H2,1-2H3,(H2,28,32)/t16-,22+/m0/s1. The van der Waals surface area contributed by atoms with Gasteiger partial charge in [-0.05, 0) is 38.7 Å². The predicted molar refractivity (Wildman–Crippen MR) is 141 cm³/mol. The van der Waals surface area contributed by atoms with E-state index in [4.69, 9.17) is 27.8 Å². The van der Waals surface area contributed by atoms with Crippen molar-refractivity contribution in [1.29, 1.82) is 0 Å². The highest BCUT2D eigenvalue weighted by Gasteiger charge is 2.47. The van der Waals surface area contributed by atoms with Gasteiger partial charge in [0, 0.05) is 48.4 Å². The van der Waals surface area contributed by atoms with Crippen LogP contribution in [0.5, 0.6) is 0 Å². The van der Waals surface area contributed by atoms with Crippen molar-refractivity contribution < 1.29 is 4.74 Å². The maximum atomic E-state index is 6.62.